The van der Waals surface area contributed by atoms with Crippen molar-refractivity contribution in [2.24, 2.45) is 9.98 Å². The van der Waals surface area contributed by atoms with Crippen molar-refractivity contribution in [2.45, 2.75) is 39.4 Å². The molecule has 17 heavy (non-hydrogen) atoms. The van der Waals surface area contributed by atoms with Crippen LogP contribution in [0.5, 0.6) is 0 Å². The van der Waals surface area contributed by atoms with Crippen LogP contribution in [0.15, 0.2) is 9.98 Å². The highest BCUT2D eigenvalue weighted by Gasteiger charge is 2.25. The molecule has 1 rings (SSSR count). The Morgan fingerprint density at radius 2 is 1.94 bits per heavy atom. The van der Waals surface area contributed by atoms with Crippen molar-refractivity contribution in [2.75, 3.05) is 13.1 Å². The van der Waals surface area contributed by atoms with Gasteiger partial charge in [-0.15, -0.1) is 0 Å². The van der Waals surface area contributed by atoms with Gasteiger partial charge in [0.25, 0.3) is 0 Å². The van der Waals surface area contributed by atoms with Crippen LogP contribution in [0.1, 0.15) is 27.7 Å². The lowest BCUT2D eigenvalue weighted by Gasteiger charge is -2.33. The standard InChI is InChI=1S/C10H21ClN6/c1-5-12-9-14-8(11)17(16-7(3)4)10(15-9)13-6-2/h7-8,16H,5-6H2,1-4H3,(H2,12,13,14,15). The molecule has 0 bridgehead atoms. The zero-order valence-electron chi connectivity index (χ0n) is 10.8. The van der Waals surface area contributed by atoms with Gasteiger partial charge in [0.05, 0.1) is 0 Å². The maximum Gasteiger partial charge on any atom is 0.224 e. The average molecular weight is 261 g/mol. The summed E-state index contributed by atoms with van der Waals surface area (Å²) < 4.78 is 0. The van der Waals surface area contributed by atoms with Crippen LogP contribution in [-0.4, -0.2) is 41.7 Å². The van der Waals surface area contributed by atoms with Crippen molar-refractivity contribution in [3.8, 4) is 0 Å². The van der Waals surface area contributed by atoms with Crippen molar-refractivity contribution in [1.82, 2.24) is 21.1 Å². The lowest BCUT2D eigenvalue weighted by molar-refractivity contribution is 0.248. The summed E-state index contributed by atoms with van der Waals surface area (Å²) in [6.07, 6.45) is 0. The Morgan fingerprint density at radius 1 is 1.29 bits per heavy atom. The molecule has 0 saturated heterocycles. The van der Waals surface area contributed by atoms with Crippen molar-refractivity contribution in [3.63, 3.8) is 0 Å². The van der Waals surface area contributed by atoms with E-state index >= 15 is 0 Å². The first-order chi connectivity index (χ1) is 8.08. The topological polar surface area (TPSA) is 64.1 Å². The second-order valence-corrected chi connectivity index (χ2v) is 4.30. The van der Waals surface area contributed by atoms with Crippen LogP contribution in [0.25, 0.3) is 0 Å². The fourth-order valence-electron chi connectivity index (χ4n) is 1.37. The Balaban J connectivity index is 2.82. The quantitative estimate of drug-likeness (QED) is 0.514. The van der Waals surface area contributed by atoms with Gasteiger partial charge in [-0.05, 0) is 27.7 Å². The number of rotatable bonds is 4. The lowest BCUT2D eigenvalue weighted by atomic mass is 10.4. The van der Waals surface area contributed by atoms with E-state index in [1.165, 1.54) is 0 Å². The molecule has 1 heterocycles. The molecule has 1 atom stereocenters. The van der Waals surface area contributed by atoms with Crippen LogP contribution in [0.3, 0.4) is 0 Å². The number of guanidine groups is 2. The van der Waals surface area contributed by atoms with Crippen LogP contribution in [-0.2, 0) is 0 Å². The number of nitrogens with zero attached hydrogens (tertiary/aromatic N) is 3. The molecular formula is C10H21ClN6. The first-order valence-electron chi connectivity index (χ1n) is 5.92. The summed E-state index contributed by atoms with van der Waals surface area (Å²) in [6.45, 7) is 9.62. The highest BCUT2D eigenvalue weighted by molar-refractivity contribution is 6.22. The summed E-state index contributed by atoms with van der Waals surface area (Å²) in [5.74, 6) is 1.25. The number of nitrogens with one attached hydrogen (secondary N) is 3. The molecule has 0 aromatic carbocycles. The summed E-state index contributed by atoms with van der Waals surface area (Å²) >= 11 is 6.20. The van der Waals surface area contributed by atoms with E-state index in [0.717, 1.165) is 13.1 Å². The number of hydrogen-bond donors (Lipinski definition) is 3. The van der Waals surface area contributed by atoms with E-state index in [-0.39, 0.29) is 6.04 Å². The molecule has 0 radical (unpaired) electrons. The number of aliphatic imine (C=N–C) groups is 2. The second-order valence-electron chi connectivity index (χ2n) is 3.91. The Labute approximate surface area is 107 Å². The van der Waals surface area contributed by atoms with Crippen LogP contribution < -0.4 is 16.1 Å². The molecule has 0 aliphatic carbocycles. The van der Waals surface area contributed by atoms with Crippen LogP contribution in [0.2, 0.25) is 0 Å². The molecule has 0 fully saturated rings. The monoisotopic (exact) mass is 260 g/mol. The first-order valence-corrected chi connectivity index (χ1v) is 6.35. The van der Waals surface area contributed by atoms with Crippen molar-refractivity contribution < 1.29 is 0 Å². The summed E-state index contributed by atoms with van der Waals surface area (Å²) in [6, 6.07) is 0.260. The smallest absolute Gasteiger partial charge is 0.224 e. The van der Waals surface area contributed by atoms with E-state index in [9.17, 15) is 0 Å². The second kappa shape index (κ2) is 6.66. The number of alkyl halides is 1. The summed E-state index contributed by atoms with van der Waals surface area (Å²) in [5, 5.41) is 7.96. The van der Waals surface area contributed by atoms with E-state index in [1.54, 1.807) is 5.01 Å². The zero-order chi connectivity index (χ0) is 12.8. The molecule has 7 heteroatoms. The molecule has 1 unspecified atom stereocenters. The van der Waals surface area contributed by atoms with Crippen LogP contribution >= 0.6 is 11.6 Å². The Bertz CT molecular complexity index is 301. The number of hydrazine groups is 1. The minimum atomic E-state index is -0.502. The van der Waals surface area contributed by atoms with Gasteiger partial charge in [0.15, 0.2) is 0 Å². The maximum atomic E-state index is 6.20. The largest absolute Gasteiger partial charge is 0.355 e. The molecule has 0 saturated carbocycles. The highest BCUT2D eigenvalue weighted by Crippen LogP contribution is 2.10. The van der Waals surface area contributed by atoms with Crippen LogP contribution in [0, 0.1) is 0 Å². The van der Waals surface area contributed by atoms with Gasteiger partial charge in [0.1, 0.15) is 0 Å². The lowest BCUT2D eigenvalue weighted by Crippen LogP contribution is -2.57. The van der Waals surface area contributed by atoms with E-state index < -0.39 is 5.62 Å². The molecule has 0 aromatic heterocycles. The normalized spacial score (nSPS) is 20.1. The number of halogens is 1. The minimum Gasteiger partial charge on any atom is -0.355 e. The van der Waals surface area contributed by atoms with Gasteiger partial charge in [-0.25, -0.2) is 15.4 Å². The summed E-state index contributed by atoms with van der Waals surface area (Å²) in [7, 11) is 0. The minimum absolute atomic E-state index is 0.260. The molecule has 1 aliphatic heterocycles. The van der Waals surface area contributed by atoms with Gasteiger partial charge in [-0.2, -0.15) is 4.99 Å². The molecule has 3 N–H and O–H groups in total. The molecule has 0 spiro atoms. The molecule has 98 valence electrons. The van der Waals surface area contributed by atoms with Gasteiger partial charge in [-0.1, -0.05) is 11.6 Å². The van der Waals surface area contributed by atoms with E-state index in [4.69, 9.17) is 11.6 Å². The highest BCUT2D eigenvalue weighted by atomic mass is 35.5. The van der Waals surface area contributed by atoms with Crippen molar-refractivity contribution in [3.05, 3.63) is 0 Å². The number of hydrogen-bond acceptors (Lipinski definition) is 6. The Kier molecular flexibility index (Phi) is 5.50. The van der Waals surface area contributed by atoms with E-state index in [1.807, 2.05) is 27.7 Å². The van der Waals surface area contributed by atoms with Gasteiger partial charge in [-0.3, -0.25) is 0 Å². The van der Waals surface area contributed by atoms with E-state index in [0.29, 0.717) is 11.9 Å². The first kappa shape index (κ1) is 14.1. The van der Waals surface area contributed by atoms with E-state index in [2.05, 4.69) is 26.0 Å². The fourth-order valence-corrected chi connectivity index (χ4v) is 1.61. The zero-order valence-corrected chi connectivity index (χ0v) is 11.5. The summed E-state index contributed by atoms with van der Waals surface area (Å²) in [5.41, 5.74) is 2.70. The fraction of sp³-hybridized carbons (Fsp3) is 0.800. The molecule has 6 nitrogen and oxygen atoms in total. The molecule has 1 aliphatic rings. The average Bonchev–Trinajstić information content (AvgIpc) is 2.23. The Morgan fingerprint density at radius 3 is 2.47 bits per heavy atom. The van der Waals surface area contributed by atoms with Crippen molar-refractivity contribution in [1.29, 1.82) is 0 Å². The van der Waals surface area contributed by atoms with Gasteiger partial charge in [0.2, 0.25) is 17.5 Å². The van der Waals surface area contributed by atoms with Gasteiger partial charge < -0.3 is 10.6 Å². The van der Waals surface area contributed by atoms with Crippen LogP contribution in [0.4, 0.5) is 0 Å². The molecular weight excluding hydrogens is 240 g/mol. The van der Waals surface area contributed by atoms with Gasteiger partial charge in [0, 0.05) is 19.1 Å². The third-order valence-electron chi connectivity index (χ3n) is 1.95. The molecule has 0 amide bonds. The summed E-state index contributed by atoms with van der Waals surface area (Å²) in [4.78, 5) is 8.62. The predicted molar refractivity (Wildman–Crippen MR) is 72.0 cm³/mol. The third-order valence-corrected chi connectivity index (χ3v) is 2.24. The van der Waals surface area contributed by atoms with Gasteiger partial charge >= 0.3 is 0 Å². The third kappa shape index (κ3) is 4.05. The predicted octanol–water partition coefficient (Wildman–Crippen LogP) is 0.668. The van der Waals surface area contributed by atoms with Crippen molar-refractivity contribution >= 4 is 23.5 Å². The Hall–Kier alpha value is -1.01. The molecule has 0 aromatic rings. The SMILES string of the molecule is CCNC1=NC(Cl)N(NC(C)C)C(NCC)=N1. The maximum absolute atomic E-state index is 6.20.